The van der Waals surface area contributed by atoms with Crippen molar-refractivity contribution >= 4 is 39.1 Å². The predicted octanol–water partition coefficient (Wildman–Crippen LogP) is 6.40. The molecule has 0 aromatic heterocycles. The quantitative estimate of drug-likeness (QED) is 0.208. The number of hydrogen-bond donors (Lipinski definition) is 1. The van der Waals surface area contributed by atoms with Crippen LogP contribution in [-0.2, 0) is 32.6 Å². The van der Waals surface area contributed by atoms with Crippen molar-refractivity contribution in [1.29, 1.82) is 0 Å². The minimum Gasteiger partial charge on any atom is -0.350 e. The number of aryl methyl sites for hydroxylation is 1. The van der Waals surface area contributed by atoms with Gasteiger partial charge in [0.05, 0.1) is 10.6 Å². The molecule has 0 aliphatic rings. The van der Waals surface area contributed by atoms with Crippen molar-refractivity contribution in [3.8, 4) is 0 Å². The molecule has 4 aromatic rings. The van der Waals surface area contributed by atoms with E-state index < -0.39 is 34.1 Å². The second kappa shape index (κ2) is 14.1. The van der Waals surface area contributed by atoms with Gasteiger partial charge in [-0.05, 0) is 75.2 Å². The number of halogens is 1. The predicted molar refractivity (Wildman–Crippen MR) is 176 cm³/mol. The lowest BCUT2D eigenvalue weighted by molar-refractivity contribution is -0.140. The van der Waals surface area contributed by atoms with Crippen molar-refractivity contribution in [2.45, 2.75) is 57.1 Å². The molecule has 0 heterocycles. The summed E-state index contributed by atoms with van der Waals surface area (Å²) in [6.45, 7) is 7.19. The molecule has 0 saturated heterocycles. The van der Waals surface area contributed by atoms with E-state index >= 15 is 0 Å². The number of carbonyl (C=O) groups is 2. The van der Waals surface area contributed by atoms with Gasteiger partial charge in [-0.25, -0.2) is 8.42 Å². The Kier molecular flexibility index (Phi) is 10.5. The lowest BCUT2D eigenvalue weighted by Crippen LogP contribution is -2.56. The summed E-state index contributed by atoms with van der Waals surface area (Å²) in [5, 5.41) is 3.43. The molecule has 2 amide bonds. The number of rotatable bonds is 11. The molecule has 0 unspecified atom stereocenters. The minimum absolute atomic E-state index is 0.00454. The molecule has 1 atom stereocenters. The van der Waals surface area contributed by atoms with Crippen molar-refractivity contribution in [1.82, 2.24) is 10.2 Å². The van der Waals surface area contributed by atoms with Crippen LogP contribution in [0.5, 0.6) is 0 Å². The fourth-order valence-corrected chi connectivity index (χ4v) is 6.41. The molecule has 230 valence electrons. The second-order valence-corrected chi connectivity index (χ2v) is 14.1. The Morgan fingerprint density at radius 3 is 2.00 bits per heavy atom. The second-order valence-electron chi connectivity index (χ2n) is 11.8. The normalized spacial score (nSPS) is 12.3. The number of nitrogens with zero attached hydrogens (tertiary/aromatic N) is 2. The zero-order chi connectivity index (χ0) is 31.9. The van der Waals surface area contributed by atoms with Crippen LogP contribution in [0, 0.1) is 6.92 Å². The molecule has 9 heteroatoms. The summed E-state index contributed by atoms with van der Waals surface area (Å²) in [5.74, 6) is -0.841. The van der Waals surface area contributed by atoms with Crippen LogP contribution in [0.3, 0.4) is 0 Å². The summed E-state index contributed by atoms with van der Waals surface area (Å²) >= 11 is 6.04. The highest BCUT2D eigenvalue weighted by molar-refractivity contribution is 7.92. The molecule has 1 N–H and O–H groups in total. The van der Waals surface area contributed by atoms with Crippen molar-refractivity contribution in [3.05, 3.63) is 131 Å². The molecule has 0 saturated carbocycles. The number of hydrogen-bond acceptors (Lipinski definition) is 4. The van der Waals surface area contributed by atoms with Gasteiger partial charge >= 0.3 is 0 Å². The summed E-state index contributed by atoms with van der Waals surface area (Å²) in [6.07, 6.45) is 0.246. The molecule has 0 aliphatic carbocycles. The first kappa shape index (κ1) is 32.8. The van der Waals surface area contributed by atoms with E-state index in [4.69, 9.17) is 11.6 Å². The Hall–Kier alpha value is -4.14. The first-order valence-electron chi connectivity index (χ1n) is 14.4. The monoisotopic (exact) mass is 631 g/mol. The largest absolute Gasteiger partial charge is 0.350 e. The number of para-hydroxylation sites is 1. The third kappa shape index (κ3) is 8.71. The lowest BCUT2D eigenvalue weighted by atomic mass is 10.0. The minimum atomic E-state index is -4.19. The van der Waals surface area contributed by atoms with Crippen molar-refractivity contribution in [2.75, 3.05) is 10.8 Å². The number of sulfonamides is 1. The van der Waals surface area contributed by atoms with E-state index in [9.17, 15) is 18.0 Å². The van der Waals surface area contributed by atoms with E-state index in [2.05, 4.69) is 5.32 Å². The molecule has 7 nitrogen and oxygen atoms in total. The fourth-order valence-electron chi connectivity index (χ4n) is 4.87. The van der Waals surface area contributed by atoms with Gasteiger partial charge < -0.3 is 10.2 Å². The summed E-state index contributed by atoms with van der Waals surface area (Å²) < 4.78 is 29.1. The lowest BCUT2D eigenvalue weighted by Gasteiger charge is -2.35. The van der Waals surface area contributed by atoms with Crippen LogP contribution in [0.15, 0.2) is 114 Å². The number of carbonyl (C=O) groups excluding carboxylic acids is 2. The van der Waals surface area contributed by atoms with Crippen LogP contribution in [0.2, 0.25) is 5.02 Å². The van der Waals surface area contributed by atoms with Gasteiger partial charge in [0, 0.05) is 23.5 Å². The highest BCUT2D eigenvalue weighted by Crippen LogP contribution is 2.26. The van der Waals surface area contributed by atoms with Gasteiger partial charge in [0.25, 0.3) is 10.0 Å². The molecule has 4 aromatic carbocycles. The summed E-state index contributed by atoms with van der Waals surface area (Å²) in [5.41, 5.74) is 2.47. The molecule has 0 spiro atoms. The number of anilines is 1. The average Bonchev–Trinajstić information content (AvgIpc) is 2.98. The topological polar surface area (TPSA) is 86.8 Å². The zero-order valence-electron chi connectivity index (χ0n) is 25.4. The number of amides is 2. The molecule has 44 heavy (non-hydrogen) atoms. The maximum absolute atomic E-state index is 14.5. The summed E-state index contributed by atoms with van der Waals surface area (Å²) in [4.78, 5) is 29.9. The Morgan fingerprint density at radius 1 is 0.818 bits per heavy atom. The highest BCUT2D eigenvalue weighted by Gasteiger charge is 2.35. The van der Waals surface area contributed by atoms with Gasteiger partial charge in [-0.1, -0.05) is 90.0 Å². The van der Waals surface area contributed by atoms with Gasteiger partial charge in [0.2, 0.25) is 11.8 Å². The van der Waals surface area contributed by atoms with Crippen LogP contribution < -0.4 is 9.62 Å². The average molecular weight is 632 g/mol. The molecular formula is C35H38ClN3O4S. The summed E-state index contributed by atoms with van der Waals surface area (Å²) in [6, 6.07) is 30.6. The van der Waals surface area contributed by atoms with Gasteiger partial charge in [0.1, 0.15) is 12.6 Å². The molecule has 0 aliphatic heterocycles. The first-order valence-corrected chi connectivity index (χ1v) is 16.2. The van der Waals surface area contributed by atoms with Crippen LogP contribution >= 0.6 is 11.6 Å². The maximum atomic E-state index is 14.5. The SMILES string of the molecule is Cc1cccc(CN(C(=O)CN(c2ccccc2)S(=O)(=O)c2ccc(Cl)cc2)[C@H](Cc2ccccc2)C(=O)NC(C)(C)C)c1. The highest BCUT2D eigenvalue weighted by atomic mass is 35.5. The number of nitrogens with one attached hydrogen (secondary N) is 1. The third-order valence-electron chi connectivity index (χ3n) is 6.93. The van der Waals surface area contributed by atoms with E-state index in [1.54, 1.807) is 30.3 Å². The maximum Gasteiger partial charge on any atom is 0.264 e. The van der Waals surface area contributed by atoms with Crippen LogP contribution in [0.4, 0.5) is 5.69 Å². The molecule has 4 rings (SSSR count). The molecule has 0 bridgehead atoms. The van der Waals surface area contributed by atoms with E-state index in [0.29, 0.717) is 10.7 Å². The molecular weight excluding hydrogens is 594 g/mol. The van der Waals surface area contributed by atoms with Gasteiger partial charge in [0.15, 0.2) is 0 Å². The van der Waals surface area contributed by atoms with Gasteiger partial charge in [-0.3, -0.25) is 13.9 Å². The van der Waals surface area contributed by atoms with E-state index in [1.165, 1.54) is 29.2 Å². The van der Waals surface area contributed by atoms with Crippen LogP contribution in [-0.4, -0.2) is 43.3 Å². The first-order chi connectivity index (χ1) is 20.8. The Labute approximate surface area is 265 Å². The smallest absolute Gasteiger partial charge is 0.264 e. The summed E-state index contributed by atoms with van der Waals surface area (Å²) in [7, 11) is -4.19. The van der Waals surface area contributed by atoms with E-state index in [1.807, 2.05) is 82.3 Å². The van der Waals surface area contributed by atoms with E-state index in [-0.39, 0.29) is 23.8 Å². The van der Waals surface area contributed by atoms with Crippen LogP contribution in [0.25, 0.3) is 0 Å². The van der Waals surface area contributed by atoms with Crippen LogP contribution in [0.1, 0.15) is 37.5 Å². The van der Waals surface area contributed by atoms with Gasteiger partial charge in [-0.2, -0.15) is 0 Å². The van der Waals surface area contributed by atoms with E-state index in [0.717, 1.165) is 21.0 Å². The third-order valence-corrected chi connectivity index (χ3v) is 8.97. The Morgan fingerprint density at radius 2 is 1.41 bits per heavy atom. The molecule has 0 radical (unpaired) electrons. The van der Waals surface area contributed by atoms with Crippen molar-refractivity contribution < 1.29 is 18.0 Å². The number of benzene rings is 4. The fraction of sp³-hybridized carbons (Fsp3) is 0.257. The van der Waals surface area contributed by atoms with Gasteiger partial charge in [-0.15, -0.1) is 0 Å². The zero-order valence-corrected chi connectivity index (χ0v) is 27.0. The standard InChI is InChI=1S/C35H38ClN3O4S/c1-26-12-11-15-28(22-26)24-38(32(34(41)37-35(2,3)4)23-27-13-7-5-8-14-27)33(40)25-39(30-16-9-6-10-17-30)44(42,43)31-20-18-29(36)19-21-31/h5-22,32H,23-25H2,1-4H3,(H,37,41)/t32-/m1/s1. The molecule has 0 fully saturated rings. The Bertz CT molecular complexity index is 1670. The van der Waals surface area contributed by atoms with Crippen molar-refractivity contribution in [3.63, 3.8) is 0 Å². The Balaban J connectivity index is 1.80. The van der Waals surface area contributed by atoms with Crippen molar-refractivity contribution in [2.24, 2.45) is 0 Å².